The van der Waals surface area contributed by atoms with Crippen molar-refractivity contribution >= 4 is 31.2 Å². The van der Waals surface area contributed by atoms with Gasteiger partial charge in [0.15, 0.2) is 0 Å². The van der Waals surface area contributed by atoms with E-state index in [0.717, 1.165) is 11.9 Å². The Labute approximate surface area is 173 Å². The summed E-state index contributed by atoms with van der Waals surface area (Å²) in [5.41, 5.74) is -3.30. The molecule has 3 aromatic heterocycles. The zero-order valence-corrected chi connectivity index (χ0v) is 17.7. The van der Waals surface area contributed by atoms with Crippen LogP contribution in [0.25, 0.3) is 21.9 Å². The summed E-state index contributed by atoms with van der Waals surface area (Å²) in [7, 11) is 1.69. The van der Waals surface area contributed by atoms with Crippen molar-refractivity contribution in [2.45, 2.75) is 56.1 Å². The van der Waals surface area contributed by atoms with Crippen LogP contribution in [-0.2, 0) is 0 Å². The number of nitrogens with zero attached hydrogens (tertiary/aromatic N) is 1. The minimum Gasteiger partial charge on any atom is -0.346 e. The van der Waals surface area contributed by atoms with E-state index in [4.69, 9.17) is 0 Å². The molecule has 0 radical (unpaired) electrons. The second-order valence-electron chi connectivity index (χ2n) is 8.29. The van der Waals surface area contributed by atoms with Gasteiger partial charge in [0.1, 0.15) is 5.65 Å². The predicted octanol–water partition coefficient (Wildman–Crippen LogP) is 3.25. The fourth-order valence-electron chi connectivity index (χ4n) is 4.11. The van der Waals surface area contributed by atoms with Crippen LogP contribution < -0.4 is 16.6 Å². The molecule has 2 aliphatic carbocycles. The van der Waals surface area contributed by atoms with Crippen molar-refractivity contribution in [3.05, 3.63) is 39.3 Å². The number of H-pyrrole nitrogens is 3. The van der Waals surface area contributed by atoms with Crippen LogP contribution in [0, 0.1) is 5.92 Å². The predicted molar refractivity (Wildman–Crippen MR) is 116 cm³/mol. The molecule has 3 aromatic rings. The Morgan fingerprint density at radius 2 is 1.90 bits per heavy atom. The largest absolute Gasteiger partial charge is 0.346 e. The number of nitrogens with one attached hydrogen (secondary N) is 4. The molecule has 0 spiro atoms. The highest BCUT2D eigenvalue weighted by Gasteiger charge is 2.59. The van der Waals surface area contributed by atoms with E-state index in [1.54, 1.807) is 21.5 Å². The summed E-state index contributed by atoms with van der Waals surface area (Å²) in [5.74, 6) is 0.628. The van der Waals surface area contributed by atoms with Gasteiger partial charge in [0.05, 0.1) is 16.4 Å². The number of aromatic nitrogens is 4. The molecule has 3 heterocycles. The van der Waals surface area contributed by atoms with E-state index in [1.165, 1.54) is 38.3 Å². The Bertz CT molecular complexity index is 1140. The van der Waals surface area contributed by atoms with Crippen molar-refractivity contribution in [2.24, 2.45) is 5.92 Å². The lowest BCUT2D eigenvalue weighted by atomic mass is 9.89. The average molecular weight is 437 g/mol. The lowest BCUT2D eigenvalue weighted by Gasteiger charge is -2.28. The van der Waals surface area contributed by atoms with Crippen LogP contribution in [-0.4, -0.2) is 37.7 Å². The third kappa shape index (κ3) is 4.32. The molecule has 1 atom stereocenters. The fraction of sp³-hybridized carbons (Fsp3) is 0.550. The van der Waals surface area contributed by atoms with Gasteiger partial charge in [-0.3, -0.25) is 9.78 Å². The van der Waals surface area contributed by atoms with Crippen molar-refractivity contribution < 1.29 is 8.78 Å². The molecule has 0 aliphatic heterocycles. The van der Waals surface area contributed by atoms with Crippen LogP contribution in [0.15, 0.2) is 28.0 Å². The van der Waals surface area contributed by atoms with Crippen LogP contribution in [0.3, 0.4) is 0 Å². The molecule has 2 saturated carbocycles. The second kappa shape index (κ2) is 8.19. The Balaban J connectivity index is 0.000000145. The molecular weight excluding hydrogens is 411 g/mol. The quantitative estimate of drug-likeness (QED) is 0.470. The van der Waals surface area contributed by atoms with E-state index in [0.29, 0.717) is 35.3 Å². The Hall–Kier alpha value is -2.12. The summed E-state index contributed by atoms with van der Waals surface area (Å²) in [6, 6.07) is 1.76. The lowest BCUT2D eigenvalue weighted by molar-refractivity contribution is 0.0425. The lowest BCUT2D eigenvalue weighted by Crippen LogP contribution is -2.46. The number of fused-ring (bicyclic) bond motifs is 3. The van der Waals surface area contributed by atoms with Crippen molar-refractivity contribution in [3.63, 3.8) is 0 Å². The van der Waals surface area contributed by atoms with Gasteiger partial charge in [0.25, 0.3) is 11.2 Å². The Morgan fingerprint density at radius 1 is 1.17 bits per heavy atom. The summed E-state index contributed by atoms with van der Waals surface area (Å²) in [6.45, 7) is 0.782. The third-order valence-electron chi connectivity index (χ3n) is 6.14. The number of rotatable bonds is 4. The van der Waals surface area contributed by atoms with Crippen LogP contribution >= 0.6 is 9.24 Å². The van der Waals surface area contributed by atoms with Gasteiger partial charge in [0, 0.05) is 17.8 Å². The molecule has 1 unspecified atom stereocenters. The molecular formula is C20H26F2N5O2P. The normalized spacial score (nSPS) is 18.9. The van der Waals surface area contributed by atoms with E-state index < -0.39 is 22.5 Å². The number of hydrogen-bond acceptors (Lipinski definition) is 4. The van der Waals surface area contributed by atoms with Crippen LogP contribution in [0.4, 0.5) is 8.78 Å². The van der Waals surface area contributed by atoms with Gasteiger partial charge >= 0.3 is 5.69 Å². The molecule has 0 bridgehead atoms. The zero-order chi connectivity index (χ0) is 21.4. The second-order valence-corrected chi connectivity index (χ2v) is 9.01. The smallest absolute Gasteiger partial charge is 0.326 e. The first-order valence-electron chi connectivity index (χ1n) is 10.3. The molecule has 0 saturated heterocycles. The van der Waals surface area contributed by atoms with Gasteiger partial charge in [-0.25, -0.2) is 18.6 Å². The minimum atomic E-state index is -2.64. The van der Waals surface area contributed by atoms with Gasteiger partial charge < -0.3 is 15.3 Å². The van der Waals surface area contributed by atoms with E-state index in [-0.39, 0.29) is 0 Å². The molecule has 162 valence electrons. The monoisotopic (exact) mass is 437 g/mol. The van der Waals surface area contributed by atoms with Crippen LogP contribution in [0.1, 0.15) is 44.9 Å². The maximum Gasteiger partial charge on any atom is 0.326 e. The van der Waals surface area contributed by atoms with E-state index in [2.05, 4.69) is 25.3 Å². The molecule has 4 N–H and O–H groups in total. The molecule has 30 heavy (non-hydrogen) atoms. The number of aromatic amines is 3. The standard InChI is InChI=1S/C11H20F2NP.C9H6N4O2/c12-11(13,15)10(6-7-10)14-8-9-4-2-1-3-5-9;14-8-5-3-11-7-4(1-2-10-7)6(5)12-9(15)13-8/h9,14H,1-8,15H2;1-3H,(H,10,11)(H2,12,13,14,15). The molecule has 7 nitrogen and oxygen atoms in total. The maximum absolute atomic E-state index is 13.2. The van der Waals surface area contributed by atoms with E-state index in [9.17, 15) is 18.4 Å². The zero-order valence-electron chi connectivity index (χ0n) is 16.6. The topological polar surface area (TPSA) is 106 Å². The molecule has 2 aliphatic rings. The highest BCUT2D eigenvalue weighted by Crippen LogP contribution is 2.51. The van der Waals surface area contributed by atoms with Gasteiger partial charge in [0.2, 0.25) is 0 Å². The van der Waals surface area contributed by atoms with Crippen LogP contribution in [0.5, 0.6) is 0 Å². The third-order valence-corrected chi connectivity index (χ3v) is 6.69. The average Bonchev–Trinajstić information content (AvgIpc) is 3.36. The molecule has 10 heteroatoms. The molecule has 0 amide bonds. The number of hydrogen-bond donors (Lipinski definition) is 4. The van der Waals surface area contributed by atoms with Crippen molar-refractivity contribution in [3.8, 4) is 0 Å². The summed E-state index contributed by atoms with van der Waals surface area (Å²) in [6.07, 6.45) is 10.7. The van der Waals surface area contributed by atoms with Gasteiger partial charge in [-0.2, -0.15) is 0 Å². The first-order chi connectivity index (χ1) is 14.3. The van der Waals surface area contributed by atoms with Crippen molar-refractivity contribution in [1.29, 1.82) is 0 Å². The number of pyridine rings is 1. The van der Waals surface area contributed by atoms with E-state index in [1.807, 2.05) is 0 Å². The first-order valence-corrected chi connectivity index (χ1v) is 10.9. The van der Waals surface area contributed by atoms with Gasteiger partial charge in [-0.15, -0.1) is 0 Å². The number of alkyl halides is 2. The fourth-order valence-corrected chi connectivity index (χ4v) is 4.50. The molecule has 2 fully saturated rings. The van der Waals surface area contributed by atoms with Crippen LogP contribution in [0.2, 0.25) is 0 Å². The van der Waals surface area contributed by atoms with Crippen molar-refractivity contribution in [2.75, 3.05) is 6.54 Å². The first kappa shape index (κ1) is 21.1. The van der Waals surface area contributed by atoms with Crippen molar-refractivity contribution in [1.82, 2.24) is 25.3 Å². The highest BCUT2D eigenvalue weighted by molar-refractivity contribution is 7.18. The summed E-state index contributed by atoms with van der Waals surface area (Å²) in [4.78, 5) is 34.3. The Morgan fingerprint density at radius 3 is 2.57 bits per heavy atom. The summed E-state index contributed by atoms with van der Waals surface area (Å²) >= 11 is 0. The molecule has 5 rings (SSSR count). The van der Waals surface area contributed by atoms with Gasteiger partial charge in [-0.1, -0.05) is 28.5 Å². The number of halogens is 2. The summed E-state index contributed by atoms with van der Waals surface area (Å²) < 4.78 is 26.4. The SMILES string of the molecule is FC(F)(P)C1(NCC2CCCCC2)CC1.O=c1[nH]c(=O)c2cnc3[nH]ccc3c2[nH]1. The highest BCUT2D eigenvalue weighted by atomic mass is 31.0. The Kier molecular flexibility index (Phi) is 5.77. The van der Waals surface area contributed by atoms with Gasteiger partial charge in [-0.05, 0) is 44.2 Å². The molecule has 0 aromatic carbocycles. The summed E-state index contributed by atoms with van der Waals surface area (Å²) in [5, 5.41) is 4.22. The van der Waals surface area contributed by atoms with E-state index >= 15 is 0 Å². The maximum atomic E-state index is 13.2. The minimum absolute atomic E-state index is 0.377.